The molecule has 2 N–H and O–H groups in total. The number of amides is 2. The van der Waals surface area contributed by atoms with Gasteiger partial charge in [0.25, 0.3) is 0 Å². The van der Waals surface area contributed by atoms with Crippen molar-refractivity contribution < 1.29 is 19.1 Å². The number of urea groups is 1. The van der Waals surface area contributed by atoms with E-state index in [1.54, 1.807) is 35.2 Å². The van der Waals surface area contributed by atoms with Crippen molar-refractivity contribution in [1.29, 1.82) is 0 Å². The van der Waals surface area contributed by atoms with Crippen LogP contribution in [0.4, 0.5) is 10.5 Å². The number of benzene rings is 1. The number of methoxy groups -OCH3 is 2. The topological polar surface area (TPSA) is 101 Å². The Morgan fingerprint density at radius 1 is 1.31 bits per heavy atom. The molecular weight excluding hydrogens is 374 g/mol. The summed E-state index contributed by atoms with van der Waals surface area (Å²) in [6, 6.07) is 5.25. The number of nitrogens with zero attached hydrogens (tertiary/aromatic N) is 3. The van der Waals surface area contributed by atoms with Crippen LogP contribution in [-0.4, -0.2) is 59.0 Å². The number of aromatic amines is 1. The Bertz CT molecular complexity index is 1050. The van der Waals surface area contributed by atoms with Crippen LogP contribution in [0.1, 0.15) is 21.6 Å². The zero-order valence-corrected chi connectivity index (χ0v) is 16.4. The van der Waals surface area contributed by atoms with Gasteiger partial charge >= 0.3 is 12.0 Å². The third kappa shape index (κ3) is 3.81. The lowest BCUT2D eigenvalue weighted by atomic mass is 10.0. The van der Waals surface area contributed by atoms with Crippen LogP contribution < -0.4 is 5.32 Å². The standard InChI is InChI=1S/C20H23N5O4/c1-28-8-7-25-11-14(10-21-25)22-20(27)24-6-5-18-16(12-24)15-9-13(19(26)29-2)3-4-17(15)23-18/h3-4,9-11,23H,5-8,12H2,1-2H3,(H,22,27). The highest BCUT2D eigenvalue weighted by Crippen LogP contribution is 2.29. The minimum atomic E-state index is -0.377. The number of ether oxygens (including phenoxy) is 2. The predicted octanol–water partition coefficient (Wildman–Crippen LogP) is 2.39. The molecule has 1 aliphatic rings. The number of carbonyl (C=O) groups excluding carboxylic acids is 2. The summed E-state index contributed by atoms with van der Waals surface area (Å²) in [5, 5.41) is 8.04. The van der Waals surface area contributed by atoms with Gasteiger partial charge in [0.15, 0.2) is 0 Å². The summed E-state index contributed by atoms with van der Waals surface area (Å²) in [6.45, 7) is 2.24. The van der Waals surface area contributed by atoms with Crippen molar-refractivity contribution in [2.24, 2.45) is 0 Å². The second-order valence-electron chi connectivity index (χ2n) is 6.92. The van der Waals surface area contributed by atoms with E-state index in [1.165, 1.54) is 7.11 Å². The lowest BCUT2D eigenvalue weighted by molar-refractivity contribution is 0.0601. The number of carbonyl (C=O) groups is 2. The molecule has 2 amide bonds. The van der Waals surface area contributed by atoms with Crippen LogP contribution in [0, 0.1) is 0 Å². The van der Waals surface area contributed by atoms with Crippen LogP contribution in [0.25, 0.3) is 10.9 Å². The van der Waals surface area contributed by atoms with Gasteiger partial charge in [-0.25, -0.2) is 9.59 Å². The van der Waals surface area contributed by atoms with E-state index in [4.69, 9.17) is 9.47 Å². The average molecular weight is 397 g/mol. The highest BCUT2D eigenvalue weighted by Gasteiger charge is 2.25. The van der Waals surface area contributed by atoms with Crippen molar-refractivity contribution in [1.82, 2.24) is 19.7 Å². The summed E-state index contributed by atoms with van der Waals surface area (Å²) in [5.41, 5.74) is 4.21. The number of nitrogens with one attached hydrogen (secondary N) is 2. The molecule has 0 saturated heterocycles. The van der Waals surface area contributed by atoms with E-state index in [0.717, 1.165) is 28.6 Å². The van der Waals surface area contributed by atoms with Gasteiger partial charge in [-0.1, -0.05) is 0 Å². The molecular formula is C20H23N5O4. The van der Waals surface area contributed by atoms with Crippen LogP contribution >= 0.6 is 0 Å². The van der Waals surface area contributed by atoms with E-state index in [2.05, 4.69) is 15.4 Å². The van der Waals surface area contributed by atoms with Gasteiger partial charge < -0.3 is 24.7 Å². The third-order valence-electron chi connectivity index (χ3n) is 5.09. The van der Waals surface area contributed by atoms with Crippen molar-refractivity contribution in [3.8, 4) is 0 Å². The Labute approximate surface area is 167 Å². The average Bonchev–Trinajstić information content (AvgIpc) is 3.34. The van der Waals surface area contributed by atoms with Crippen molar-refractivity contribution in [3.05, 3.63) is 47.4 Å². The summed E-state index contributed by atoms with van der Waals surface area (Å²) in [6.07, 6.45) is 4.12. The molecule has 0 radical (unpaired) electrons. The molecule has 29 heavy (non-hydrogen) atoms. The molecule has 0 spiro atoms. The Morgan fingerprint density at radius 3 is 2.97 bits per heavy atom. The molecule has 0 atom stereocenters. The quantitative estimate of drug-likeness (QED) is 0.644. The van der Waals surface area contributed by atoms with E-state index < -0.39 is 0 Å². The molecule has 1 aromatic carbocycles. The maximum Gasteiger partial charge on any atom is 0.337 e. The maximum atomic E-state index is 12.7. The Balaban J connectivity index is 1.50. The molecule has 1 aliphatic heterocycles. The minimum absolute atomic E-state index is 0.180. The number of rotatable bonds is 5. The summed E-state index contributed by atoms with van der Waals surface area (Å²) >= 11 is 0. The van der Waals surface area contributed by atoms with Crippen LogP contribution in [0.3, 0.4) is 0 Å². The highest BCUT2D eigenvalue weighted by atomic mass is 16.5. The van der Waals surface area contributed by atoms with E-state index in [9.17, 15) is 9.59 Å². The number of aromatic nitrogens is 3. The summed E-state index contributed by atoms with van der Waals surface area (Å²) in [7, 11) is 3.00. The van der Waals surface area contributed by atoms with Gasteiger partial charge in [-0.2, -0.15) is 5.10 Å². The predicted molar refractivity (Wildman–Crippen MR) is 107 cm³/mol. The summed E-state index contributed by atoms with van der Waals surface area (Å²) < 4.78 is 11.6. The fraction of sp³-hybridized carbons (Fsp3) is 0.350. The van der Waals surface area contributed by atoms with Crippen LogP contribution in [0.5, 0.6) is 0 Å². The van der Waals surface area contributed by atoms with Gasteiger partial charge in [0.1, 0.15) is 0 Å². The molecule has 0 aliphatic carbocycles. The van der Waals surface area contributed by atoms with Crippen molar-refractivity contribution >= 4 is 28.6 Å². The first-order valence-corrected chi connectivity index (χ1v) is 9.38. The van der Waals surface area contributed by atoms with E-state index >= 15 is 0 Å². The smallest absolute Gasteiger partial charge is 0.337 e. The first-order chi connectivity index (χ1) is 14.1. The Hall–Kier alpha value is -3.33. The van der Waals surface area contributed by atoms with Gasteiger partial charge in [-0.3, -0.25) is 4.68 Å². The van der Waals surface area contributed by atoms with Crippen LogP contribution in [0.2, 0.25) is 0 Å². The van der Waals surface area contributed by atoms with Crippen LogP contribution in [0.15, 0.2) is 30.6 Å². The number of hydrogen-bond acceptors (Lipinski definition) is 5. The summed E-state index contributed by atoms with van der Waals surface area (Å²) in [4.78, 5) is 29.8. The molecule has 152 valence electrons. The second-order valence-corrected chi connectivity index (χ2v) is 6.92. The van der Waals surface area contributed by atoms with Gasteiger partial charge in [0.05, 0.1) is 37.7 Å². The first-order valence-electron chi connectivity index (χ1n) is 9.38. The lowest BCUT2D eigenvalue weighted by Crippen LogP contribution is -2.38. The fourth-order valence-electron chi connectivity index (χ4n) is 3.57. The molecule has 3 heterocycles. The van der Waals surface area contributed by atoms with Crippen LogP contribution in [-0.2, 0) is 29.0 Å². The van der Waals surface area contributed by atoms with Gasteiger partial charge in [-0.05, 0) is 18.2 Å². The third-order valence-corrected chi connectivity index (χ3v) is 5.09. The number of esters is 1. The maximum absolute atomic E-state index is 12.7. The van der Waals surface area contributed by atoms with E-state index in [1.807, 2.05) is 12.1 Å². The molecule has 0 saturated carbocycles. The van der Waals surface area contributed by atoms with Gasteiger partial charge in [0.2, 0.25) is 0 Å². The Morgan fingerprint density at radius 2 is 2.17 bits per heavy atom. The fourth-order valence-corrected chi connectivity index (χ4v) is 3.57. The number of hydrogen-bond donors (Lipinski definition) is 2. The molecule has 0 unspecified atom stereocenters. The van der Waals surface area contributed by atoms with Crippen molar-refractivity contribution in [2.45, 2.75) is 19.5 Å². The Kier molecular flexibility index (Phi) is 5.22. The largest absolute Gasteiger partial charge is 0.465 e. The molecule has 2 aromatic heterocycles. The zero-order valence-electron chi connectivity index (χ0n) is 16.4. The number of fused-ring (bicyclic) bond motifs is 3. The van der Waals surface area contributed by atoms with E-state index in [0.29, 0.717) is 37.5 Å². The zero-order chi connectivity index (χ0) is 20.4. The lowest BCUT2D eigenvalue weighted by Gasteiger charge is -2.27. The number of anilines is 1. The second kappa shape index (κ2) is 7.96. The van der Waals surface area contributed by atoms with Gasteiger partial charge in [0, 0.05) is 55.0 Å². The van der Waals surface area contributed by atoms with Crippen molar-refractivity contribution in [2.75, 3.05) is 32.7 Å². The number of H-pyrrole nitrogens is 1. The monoisotopic (exact) mass is 397 g/mol. The molecule has 0 bridgehead atoms. The molecule has 4 rings (SSSR count). The first kappa shape index (κ1) is 19.0. The molecule has 0 fully saturated rings. The minimum Gasteiger partial charge on any atom is -0.465 e. The summed E-state index contributed by atoms with van der Waals surface area (Å²) in [5.74, 6) is -0.377. The van der Waals surface area contributed by atoms with E-state index in [-0.39, 0.29) is 12.0 Å². The van der Waals surface area contributed by atoms with Crippen molar-refractivity contribution in [3.63, 3.8) is 0 Å². The SMILES string of the molecule is COCCn1cc(NC(=O)N2CCc3[nH]c4ccc(C(=O)OC)cc4c3C2)cn1. The molecule has 9 heteroatoms. The van der Waals surface area contributed by atoms with Gasteiger partial charge in [-0.15, -0.1) is 0 Å². The highest BCUT2D eigenvalue weighted by molar-refractivity contribution is 5.96. The molecule has 9 nitrogen and oxygen atoms in total. The normalized spacial score (nSPS) is 13.4. The molecule has 3 aromatic rings.